The number of hydrogen-bond acceptors (Lipinski definition) is 6. The van der Waals surface area contributed by atoms with Crippen molar-refractivity contribution in [1.29, 1.82) is 0 Å². The predicted molar refractivity (Wildman–Crippen MR) is 139 cm³/mol. The lowest BCUT2D eigenvalue weighted by atomic mass is 10.1. The third-order valence-corrected chi connectivity index (χ3v) is 5.76. The quantitative estimate of drug-likeness (QED) is 0.179. The maximum absolute atomic E-state index is 12.3. The number of hydrogen-bond donors (Lipinski definition) is 1. The van der Waals surface area contributed by atoms with Crippen LogP contribution in [0, 0.1) is 0 Å². The molecule has 0 saturated heterocycles. The van der Waals surface area contributed by atoms with Gasteiger partial charge < -0.3 is 9.94 Å². The van der Waals surface area contributed by atoms with Gasteiger partial charge in [0.05, 0.1) is 17.9 Å². The highest BCUT2D eigenvalue weighted by Crippen LogP contribution is 2.39. The van der Waals surface area contributed by atoms with Crippen LogP contribution in [0.5, 0.6) is 5.88 Å². The second-order valence-electron chi connectivity index (χ2n) is 8.49. The smallest absolute Gasteiger partial charge is 0.304 e. The normalized spacial score (nSPS) is 12.2. The van der Waals surface area contributed by atoms with Crippen LogP contribution in [0.4, 0.5) is 5.69 Å². The maximum atomic E-state index is 12.3. The van der Waals surface area contributed by atoms with Crippen molar-refractivity contribution in [3.05, 3.63) is 60.2 Å². The van der Waals surface area contributed by atoms with Crippen LogP contribution in [0.1, 0.15) is 52.0 Å². The van der Waals surface area contributed by atoms with Gasteiger partial charge in [0.2, 0.25) is 5.88 Å². The summed E-state index contributed by atoms with van der Waals surface area (Å²) in [5.74, 6) is -0.585. The van der Waals surface area contributed by atoms with Crippen LogP contribution in [-0.4, -0.2) is 45.9 Å². The zero-order valence-electron chi connectivity index (χ0n) is 20.9. The van der Waals surface area contributed by atoms with E-state index in [1.165, 1.54) is 0 Å². The van der Waals surface area contributed by atoms with Gasteiger partial charge in [-0.15, -0.1) is 10.2 Å². The van der Waals surface area contributed by atoms with Crippen molar-refractivity contribution in [2.24, 2.45) is 15.4 Å². The molecule has 0 saturated carbocycles. The van der Waals surface area contributed by atoms with Crippen LogP contribution >= 0.6 is 0 Å². The second kappa shape index (κ2) is 13.4. The standard InChI is InChI=1S/C27H35N5O3/c1-4-6-17-31(18-7-5-2)20-32-24-16-12-11-15-23(24)26(27(32)34)29-28-25(33)19-35-30-21(3)22-13-9-8-10-14-22/h8-16,34H,4-7,17-20H2,1-3H3/b29-28?,30-21+. The largest absolute Gasteiger partial charge is 0.493 e. The van der Waals surface area contributed by atoms with E-state index in [1.807, 2.05) is 59.2 Å². The lowest BCUT2D eigenvalue weighted by Crippen LogP contribution is -2.28. The average Bonchev–Trinajstić information content (AvgIpc) is 3.15. The van der Waals surface area contributed by atoms with Crippen LogP contribution in [0.3, 0.4) is 0 Å². The minimum absolute atomic E-state index is 0.000363. The summed E-state index contributed by atoms with van der Waals surface area (Å²) >= 11 is 0. The number of benzene rings is 2. The molecule has 0 spiro atoms. The van der Waals surface area contributed by atoms with E-state index in [-0.39, 0.29) is 18.2 Å². The number of para-hydroxylation sites is 1. The van der Waals surface area contributed by atoms with Crippen molar-refractivity contribution in [1.82, 2.24) is 9.47 Å². The highest BCUT2D eigenvalue weighted by Gasteiger charge is 2.18. The summed E-state index contributed by atoms with van der Waals surface area (Å²) in [7, 11) is 0. The van der Waals surface area contributed by atoms with Gasteiger partial charge in [0.15, 0.2) is 12.3 Å². The fraction of sp³-hybridized carbons (Fsp3) is 0.407. The van der Waals surface area contributed by atoms with Crippen LogP contribution in [0.2, 0.25) is 0 Å². The molecule has 1 N–H and O–H groups in total. The lowest BCUT2D eigenvalue weighted by molar-refractivity contribution is -0.122. The molecule has 1 heterocycles. The topological polar surface area (TPSA) is 91.8 Å². The molecule has 8 nitrogen and oxygen atoms in total. The number of amides is 1. The van der Waals surface area contributed by atoms with Crippen molar-refractivity contribution >= 4 is 28.2 Å². The summed E-state index contributed by atoms with van der Waals surface area (Å²) in [6.45, 7) is 8.28. The number of carbonyl (C=O) groups excluding carboxylic acids is 1. The molecule has 2 aromatic carbocycles. The number of carbonyl (C=O) groups is 1. The first kappa shape index (κ1) is 26.1. The van der Waals surface area contributed by atoms with Gasteiger partial charge in [-0.25, -0.2) is 0 Å². The zero-order valence-corrected chi connectivity index (χ0v) is 20.9. The van der Waals surface area contributed by atoms with Gasteiger partial charge in [-0.2, -0.15) is 0 Å². The SMILES string of the molecule is CCCCN(CCCC)Cn1c(O)c(N=NC(=O)CO/N=C(\C)c2ccccc2)c2ccccc21. The minimum Gasteiger partial charge on any atom is -0.493 e. The summed E-state index contributed by atoms with van der Waals surface area (Å²) in [6.07, 6.45) is 4.41. The number of aromatic hydroxyl groups is 1. The fourth-order valence-electron chi connectivity index (χ4n) is 3.78. The summed E-state index contributed by atoms with van der Waals surface area (Å²) in [5.41, 5.74) is 2.70. The third-order valence-electron chi connectivity index (χ3n) is 5.76. The molecule has 0 aliphatic rings. The van der Waals surface area contributed by atoms with Crippen LogP contribution in [0.15, 0.2) is 70.0 Å². The van der Waals surface area contributed by atoms with Gasteiger partial charge in [0.1, 0.15) is 0 Å². The molecule has 1 aromatic heterocycles. The van der Waals surface area contributed by atoms with E-state index in [9.17, 15) is 9.90 Å². The molecule has 8 heteroatoms. The molecule has 0 radical (unpaired) electrons. The highest BCUT2D eigenvalue weighted by atomic mass is 16.6. The van der Waals surface area contributed by atoms with Gasteiger partial charge in [0.25, 0.3) is 0 Å². The number of rotatable bonds is 13. The summed E-state index contributed by atoms with van der Waals surface area (Å²) in [5, 5.41) is 23.6. The molecule has 3 rings (SSSR count). The van der Waals surface area contributed by atoms with E-state index in [2.05, 4.69) is 34.1 Å². The second-order valence-corrected chi connectivity index (χ2v) is 8.49. The predicted octanol–water partition coefficient (Wildman–Crippen LogP) is 6.26. The summed E-state index contributed by atoms with van der Waals surface area (Å²) in [4.78, 5) is 19.8. The molecule has 0 atom stereocenters. The molecule has 0 aliphatic carbocycles. The van der Waals surface area contributed by atoms with E-state index in [0.29, 0.717) is 12.4 Å². The number of aromatic nitrogens is 1. The lowest BCUT2D eigenvalue weighted by Gasteiger charge is -2.23. The van der Waals surface area contributed by atoms with Crippen molar-refractivity contribution in [2.75, 3.05) is 19.7 Å². The van der Waals surface area contributed by atoms with Crippen molar-refractivity contribution in [2.45, 2.75) is 53.1 Å². The van der Waals surface area contributed by atoms with Crippen LogP contribution in [-0.2, 0) is 16.3 Å². The highest BCUT2D eigenvalue weighted by molar-refractivity contribution is 5.98. The first-order chi connectivity index (χ1) is 17.0. The van der Waals surface area contributed by atoms with Gasteiger partial charge in [0, 0.05) is 5.39 Å². The van der Waals surface area contributed by atoms with Gasteiger partial charge in [-0.1, -0.05) is 80.4 Å². The van der Waals surface area contributed by atoms with E-state index in [1.54, 1.807) is 6.92 Å². The van der Waals surface area contributed by atoms with Gasteiger partial charge in [-0.3, -0.25) is 14.3 Å². The molecule has 0 unspecified atom stereocenters. The Balaban J connectivity index is 1.74. The minimum atomic E-state index is -0.585. The van der Waals surface area contributed by atoms with Crippen molar-refractivity contribution < 1.29 is 14.7 Å². The monoisotopic (exact) mass is 477 g/mol. The first-order valence-electron chi connectivity index (χ1n) is 12.2. The Morgan fingerprint density at radius 1 is 1.00 bits per heavy atom. The average molecular weight is 478 g/mol. The molecule has 35 heavy (non-hydrogen) atoms. The van der Waals surface area contributed by atoms with E-state index in [0.717, 1.165) is 55.2 Å². The molecule has 1 amide bonds. The number of unbranched alkanes of at least 4 members (excludes halogenated alkanes) is 2. The van der Waals surface area contributed by atoms with Crippen LogP contribution < -0.4 is 0 Å². The van der Waals surface area contributed by atoms with Crippen molar-refractivity contribution in [3.63, 3.8) is 0 Å². The van der Waals surface area contributed by atoms with E-state index in [4.69, 9.17) is 4.84 Å². The third kappa shape index (κ3) is 7.23. The fourth-order valence-corrected chi connectivity index (χ4v) is 3.78. The van der Waals surface area contributed by atoms with E-state index >= 15 is 0 Å². The first-order valence-corrected chi connectivity index (χ1v) is 12.2. The molecular formula is C27H35N5O3. The number of fused-ring (bicyclic) bond motifs is 1. The van der Waals surface area contributed by atoms with Gasteiger partial charge >= 0.3 is 5.91 Å². The van der Waals surface area contributed by atoms with E-state index < -0.39 is 5.91 Å². The van der Waals surface area contributed by atoms with Crippen LogP contribution in [0.25, 0.3) is 10.9 Å². The zero-order chi connectivity index (χ0) is 25.0. The van der Waals surface area contributed by atoms with Crippen molar-refractivity contribution in [3.8, 4) is 5.88 Å². The van der Waals surface area contributed by atoms with Gasteiger partial charge in [-0.05, 0) is 44.5 Å². The number of oxime groups is 1. The Labute approximate surface area is 206 Å². The molecular weight excluding hydrogens is 442 g/mol. The number of azo groups is 1. The molecule has 3 aromatic rings. The Hall–Kier alpha value is -3.52. The Morgan fingerprint density at radius 2 is 1.66 bits per heavy atom. The Morgan fingerprint density at radius 3 is 2.34 bits per heavy atom. The Bertz CT molecular complexity index is 1150. The number of nitrogens with zero attached hydrogens (tertiary/aromatic N) is 5. The molecule has 0 aliphatic heterocycles. The summed E-state index contributed by atoms with van der Waals surface area (Å²) in [6, 6.07) is 17.2. The Kier molecular flexibility index (Phi) is 9.98. The summed E-state index contributed by atoms with van der Waals surface area (Å²) < 4.78 is 1.84. The maximum Gasteiger partial charge on any atom is 0.304 e. The molecule has 0 fully saturated rings. The molecule has 0 bridgehead atoms. The molecule has 186 valence electrons.